The highest BCUT2D eigenvalue weighted by Crippen LogP contribution is 2.26. The van der Waals surface area contributed by atoms with Crippen molar-refractivity contribution in [1.29, 1.82) is 0 Å². The van der Waals surface area contributed by atoms with Crippen LogP contribution in [0.5, 0.6) is 0 Å². The molecule has 2 rings (SSSR count). The SMILES string of the molecule is Cc1cc(Cl)ccc1C(=O)Cc1c(Cl)cccc1Cl. The Morgan fingerprint density at radius 2 is 1.68 bits per heavy atom. The first-order valence-corrected chi connectivity index (χ1v) is 6.84. The standard InChI is InChI=1S/C15H11Cl3O/c1-9-7-10(16)5-6-11(9)15(19)8-12-13(17)3-2-4-14(12)18/h2-7H,8H2,1H3. The number of rotatable bonds is 3. The summed E-state index contributed by atoms with van der Waals surface area (Å²) in [6.07, 6.45) is 0.182. The van der Waals surface area contributed by atoms with Crippen molar-refractivity contribution in [3.05, 3.63) is 68.2 Å². The molecule has 0 atom stereocenters. The number of Topliss-reactive ketones (excluding diaryl/α,β-unsaturated/α-hetero) is 1. The number of hydrogen-bond donors (Lipinski definition) is 0. The number of ketones is 1. The number of halogens is 3. The van der Waals surface area contributed by atoms with Gasteiger partial charge in [-0.15, -0.1) is 0 Å². The first-order chi connectivity index (χ1) is 8.99. The van der Waals surface area contributed by atoms with E-state index in [1.807, 2.05) is 6.92 Å². The Morgan fingerprint density at radius 1 is 1.05 bits per heavy atom. The molecule has 2 aromatic carbocycles. The fourth-order valence-electron chi connectivity index (χ4n) is 1.90. The zero-order valence-corrected chi connectivity index (χ0v) is 12.5. The molecular weight excluding hydrogens is 303 g/mol. The van der Waals surface area contributed by atoms with E-state index in [1.54, 1.807) is 36.4 Å². The number of carbonyl (C=O) groups is 1. The molecule has 1 nitrogen and oxygen atoms in total. The van der Waals surface area contributed by atoms with Crippen LogP contribution in [0.15, 0.2) is 36.4 Å². The minimum atomic E-state index is -0.0239. The smallest absolute Gasteiger partial charge is 0.167 e. The maximum atomic E-state index is 12.3. The summed E-state index contributed by atoms with van der Waals surface area (Å²) < 4.78 is 0. The van der Waals surface area contributed by atoms with E-state index >= 15 is 0 Å². The lowest BCUT2D eigenvalue weighted by Crippen LogP contribution is -2.06. The highest BCUT2D eigenvalue weighted by molar-refractivity contribution is 6.36. The Balaban J connectivity index is 2.31. The van der Waals surface area contributed by atoms with Gasteiger partial charge in [-0.05, 0) is 48.4 Å². The van der Waals surface area contributed by atoms with Crippen molar-refractivity contribution in [2.45, 2.75) is 13.3 Å². The van der Waals surface area contributed by atoms with Crippen LogP contribution in [0.2, 0.25) is 15.1 Å². The van der Waals surface area contributed by atoms with Crippen LogP contribution in [0, 0.1) is 6.92 Å². The van der Waals surface area contributed by atoms with Crippen molar-refractivity contribution in [3.8, 4) is 0 Å². The minimum Gasteiger partial charge on any atom is -0.294 e. The summed E-state index contributed by atoms with van der Waals surface area (Å²) in [4.78, 5) is 12.3. The maximum Gasteiger partial charge on any atom is 0.167 e. The Hall–Kier alpha value is -1.02. The molecule has 0 amide bonds. The largest absolute Gasteiger partial charge is 0.294 e. The van der Waals surface area contributed by atoms with Crippen molar-refractivity contribution in [2.24, 2.45) is 0 Å². The lowest BCUT2D eigenvalue weighted by atomic mass is 9.99. The molecule has 98 valence electrons. The average molecular weight is 314 g/mol. The van der Waals surface area contributed by atoms with Crippen LogP contribution in [-0.2, 0) is 6.42 Å². The van der Waals surface area contributed by atoms with Gasteiger partial charge in [0.1, 0.15) is 0 Å². The van der Waals surface area contributed by atoms with Crippen LogP contribution in [0.3, 0.4) is 0 Å². The van der Waals surface area contributed by atoms with Crippen LogP contribution < -0.4 is 0 Å². The van der Waals surface area contributed by atoms with Crippen LogP contribution >= 0.6 is 34.8 Å². The Kier molecular flexibility index (Phi) is 4.51. The number of carbonyl (C=O) groups excluding carboxylic acids is 1. The lowest BCUT2D eigenvalue weighted by Gasteiger charge is -2.08. The van der Waals surface area contributed by atoms with Gasteiger partial charge in [0.05, 0.1) is 0 Å². The molecule has 0 radical (unpaired) electrons. The van der Waals surface area contributed by atoms with Crippen molar-refractivity contribution in [3.63, 3.8) is 0 Å². The molecule has 0 heterocycles. The van der Waals surface area contributed by atoms with E-state index in [2.05, 4.69) is 0 Å². The van der Waals surface area contributed by atoms with Gasteiger partial charge in [0.25, 0.3) is 0 Å². The molecule has 0 bridgehead atoms. The third-order valence-electron chi connectivity index (χ3n) is 2.89. The van der Waals surface area contributed by atoms with E-state index in [1.165, 1.54) is 0 Å². The van der Waals surface area contributed by atoms with E-state index < -0.39 is 0 Å². The summed E-state index contributed by atoms with van der Waals surface area (Å²) in [5.41, 5.74) is 2.14. The van der Waals surface area contributed by atoms with Crippen LogP contribution in [0.25, 0.3) is 0 Å². The van der Waals surface area contributed by atoms with Gasteiger partial charge in [-0.1, -0.05) is 40.9 Å². The fraction of sp³-hybridized carbons (Fsp3) is 0.133. The molecule has 0 N–H and O–H groups in total. The van der Waals surface area contributed by atoms with Gasteiger partial charge in [0, 0.05) is 27.1 Å². The van der Waals surface area contributed by atoms with E-state index in [0.717, 1.165) is 5.56 Å². The Bertz CT molecular complexity index is 615. The molecule has 0 aromatic heterocycles. The van der Waals surface area contributed by atoms with Crippen molar-refractivity contribution >= 4 is 40.6 Å². The van der Waals surface area contributed by atoms with Gasteiger partial charge in [0.2, 0.25) is 0 Å². The third kappa shape index (κ3) is 3.30. The second-order valence-electron chi connectivity index (χ2n) is 4.26. The second kappa shape index (κ2) is 5.96. The van der Waals surface area contributed by atoms with Crippen molar-refractivity contribution in [1.82, 2.24) is 0 Å². The number of benzene rings is 2. The molecule has 0 aliphatic carbocycles. The highest BCUT2D eigenvalue weighted by Gasteiger charge is 2.14. The molecule has 0 aliphatic rings. The predicted octanol–water partition coefficient (Wildman–Crippen LogP) is 5.38. The molecule has 0 aliphatic heterocycles. The molecule has 0 unspecified atom stereocenters. The Morgan fingerprint density at radius 3 is 2.26 bits per heavy atom. The van der Waals surface area contributed by atoms with E-state index in [-0.39, 0.29) is 12.2 Å². The molecule has 0 saturated carbocycles. The topological polar surface area (TPSA) is 17.1 Å². The molecule has 0 saturated heterocycles. The van der Waals surface area contributed by atoms with Gasteiger partial charge in [-0.3, -0.25) is 4.79 Å². The number of hydrogen-bond acceptors (Lipinski definition) is 1. The first kappa shape index (κ1) is 14.4. The number of aryl methyl sites for hydroxylation is 1. The molecular formula is C15H11Cl3O. The van der Waals surface area contributed by atoms with Crippen LogP contribution in [0.4, 0.5) is 0 Å². The third-order valence-corrected chi connectivity index (χ3v) is 3.83. The zero-order valence-electron chi connectivity index (χ0n) is 10.2. The second-order valence-corrected chi connectivity index (χ2v) is 5.51. The van der Waals surface area contributed by atoms with E-state index in [0.29, 0.717) is 26.2 Å². The van der Waals surface area contributed by atoms with Gasteiger partial charge in [-0.25, -0.2) is 0 Å². The van der Waals surface area contributed by atoms with Gasteiger partial charge in [0.15, 0.2) is 5.78 Å². The van der Waals surface area contributed by atoms with E-state index in [4.69, 9.17) is 34.8 Å². The van der Waals surface area contributed by atoms with Crippen LogP contribution in [0.1, 0.15) is 21.5 Å². The Labute approximate surface area is 127 Å². The quantitative estimate of drug-likeness (QED) is 0.695. The molecule has 0 spiro atoms. The maximum absolute atomic E-state index is 12.3. The van der Waals surface area contributed by atoms with Gasteiger partial charge >= 0.3 is 0 Å². The van der Waals surface area contributed by atoms with Gasteiger partial charge in [-0.2, -0.15) is 0 Å². The normalized spacial score (nSPS) is 10.5. The summed E-state index contributed by atoms with van der Waals surface area (Å²) in [6.45, 7) is 1.85. The monoisotopic (exact) mass is 312 g/mol. The summed E-state index contributed by atoms with van der Waals surface area (Å²) in [7, 11) is 0. The lowest BCUT2D eigenvalue weighted by molar-refractivity contribution is 0.0992. The molecule has 2 aromatic rings. The highest BCUT2D eigenvalue weighted by atomic mass is 35.5. The molecule has 0 fully saturated rings. The van der Waals surface area contributed by atoms with E-state index in [9.17, 15) is 4.79 Å². The average Bonchev–Trinajstić information content (AvgIpc) is 2.33. The molecule has 4 heteroatoms. The summed E-state index contributed by atoms with van der Waals surface area (Å²) >= 11 is 18.0. The van der Waals surface area contributed by atoms with Crippen molar-refractivity contribution in [2.75, 3.05) is 0 Å². The first-order valence-electron chi connectivity index (χ1n) is 5.71. The summed E-state index contributed by atoms with van der Waals surface area (Å²) in [5.74, 6) is -0.0239. The minimum absolute atomic E-state index is 0.0239. The summed E-state index contributed by atoms with van der Waals surface area (Å²) in [5, 5.41) is 1.63. The van der Waals surface area contributed by atoms with Crippen LogP contribution in [-0.4, -0.2) is 5.78 Å². The zero-order chi connectivity index (χ0) is 14.0. The van der Waals surface area contributed by atoms with Gasteiger partial charge < -0.3 is 0 Å². The predicted molar refractivity (Wildman–Crippen MR) is 80.7 cm³/mol. The fourth-order valence-corrected chi connectivity index (χ4v) is 2.65. The van der Waals surface area contributed by atoms with Crippen molar-refractivity contribution < 1.29 is 4.79 Å². The molecule has 19 heavy (non-hydrogen) atoms. The summed E-state index contributed by atoms with van der Waals surface area (Å²) in [6, 6.07) is 10.4.